The lowest BCUT2D eigenvalue weighted by Gasteiger charge is -2.22. The van der Waals surface area contributed by atoms with Crippen LogP contribution in [0, 0.1) is 0 Å². The molecule has 2 fully saturated rings. The molecule has 1 amide bonds. The Bertz CT molecular complexity index is 734. The fourth-order valence-corrected chi connectivity index (χ4v) is 3.54. The van der Waals surface area contributed by atoms with Gasteiger partial charge in [-0.3, -0.25) is 4.79 Å². The molecule has 2 aromatic rings. The summed E-state index contributed by atoms with van der Waals surface area (Å²) in [7, 11) is 2.13. The van der Waals surface area contributed by atoms with E-state index in [4.69, 9.17) is 4.98 Å². The molecule has 3 heterocycles. The van der Waals surface area contributed by atoms with Crippen LogP contribution in [-0.2, 0) is 0 Å². The molecule has 4 rings (SSSR count). The first-order chi connectivity index (χ1) is 11.2. The number of likely N-dealkylation sites (N-methyl/N-ethyl adjacent to an activating group) is 1. The van der Waals surface area contributed by atoms with Gasteiger partial charge in [0.2, 0.25) is 0 Å². The van der Waals surface area contributed by atoms with Crippen molar-refractivity contribution < 1.29 is 4.79 Å². The van der Waals surface area contributed by atoms with Crippen molar-refractivity contribution in [3.05, 3.63) is 35.9 Å². The molecular weight excluding hydrogens is 288 g/mol. The Morgan fingerprint density at radius 2 is 2.17 bits per heavy atom. The van der Waals surface area contributed by atoms with Crippen LogP contribution in [0.15, 0.2) is 24.4 Å². The zero-order valence-corrected chi connectivity index (χ0v) is 13.9. The van der Waals surface area contributed by atoms with Gasteiger partial charge in [0, 0.05) is 31.2 Å². The van der Waals surface area contributed by atoms with Gasteiger partial charge < -0.3 is 14.2 Å². The molecule has 0 N–H and O–H groups in total. The van der Waals surface area contributed by atoms with Crippen LogP contribution in [0.4, 0.5) is 0 Å². The van der Waals surface area contributed by atoms with E-state index in [1.807, 2.05) is 29.3 Å². The predicted octanol–water partition coefficient (Wildman–Crippen LogP) is 2.38. The minimum atomic E-state index is 0.0904. The van der Waals surface area contributed by atoms with Crippen molar-refractivity contribution in [2.45, 2.75) is 38.1 Å². The van der Waals surface area contributed by atoms with Crippen LogP contribution in [0.2, 0.25) is 0 Å². The third kappa shape index (κ3) is 2.53. The van der Waals surface area contributed by atoms with Gasteiger partial charge >= 0.3 is 0 Å². The highest BCUT2D eigenvalue weighted by Gasteiger charge is 2.34. The number of aromatic nitrogens is 2. The zero-order chi connectivity index (χ0) is 16.0. The van der Waals surface area contributed by atoms with Gasteiger partial charge in [-0.05, 0) is 45.0 Å². The summed E-state index contributed by atoms with van der Waals surface area (Å²) in [5.41, 5.74) is 1.58. The molecule has 2 aliphatic rings. The van der Waals surface area contributed by atoms with E-state index in [9.17, 15) is 4.79 Å². The molecule has 1 unspecified atom stereocenters. The van der Waals surface area contributed by atoms with Crippen LogP contribution in [0.25, 0.3) is 5.52 Å². The van der Waals surface area contributed by atoms with E-state index in [0.717, 1.165) is 37.4 Å². The number of hydrogen-bond donors (Lipinski definition) is 0. The number of fused-ring (bicyclic) bond motifs is 1. The van der Waals surface area contributed by atoms with Crippen molar-refractivity contribution >= 4 is 11.4 Å². The molecule has 0 spiro atoms. The Kier molecular flexibility index (Phi) is 3.60. The SMILES string of the molecule is CCN(C)C1CCN(C(=O)c2nc(C3CC3)n3ccccc23)C1. The van der Waals surface area contributed by atoms with Gasteiger partial charge in [0.05, 0.1) is 5.52 Å². The number of likely N-dealkylation sites (tertiary alicyclic amines) is 1. The summed E-state index contributed by atoms with van der Waals surface area (Å²) >= 11 is 0. The Balaban J connectivity index is 1.63. The van der Waals surface area contributed by atoms with Crippen molar-refractivity contribution in [3.63, 3.8) is 0 Å². The average Bonchev–Trinajstić information content (AvgIpc) is 3.18. The van der Waals surface area contributed by atoms with Crippen LogP contribution < -0.4 is 0 Å². The summed E-state index contributed by atoms with van der Waals surface area (Å²) in [5, 5.41) is 0. The van der Waals surface area contributed by atoms with Crippen LogP contribution >= 0.6 is 0 Å². The summed E-state index contributed by atoms with van der Waals surface area (Å²) < 4.78 is 2.11. The Morgan fingerprint density at radius 3 is 2.91 bits per heavy atom. The molecule has 1 aliphatic heterocycles. The third-order valence-electron chi connectivity index (χ3n) is 5.29. The molecule has 1 atom stereocenters. The first-order valence-corrected chi connectivity index (χ1v) is 8.65. The van der Waals surface area contributed by atoms with Gasteiger partial charge in [0.1, 0.15) is 5.82 Å². The summed E-state index contributed by atoms with van der Waals surface area (Å²) in [4.78, 5) is 22.1. The lowest BCUT2D eigenvalue weighted by Crippen LogP contribution is -2.36. The van der Waals surface area contributed by atoms with E-state index in [1.54, 1.807) is 0 Å². The number of pyridine rings is 1. The molecular formula is C18H24N4O. The van der Waals surface area contributed by atoms with Crippen molar-refractivity contribution in [2.75, 3.05) is 26.7 Å². The van der Waals surface area contributed by atoms with Crippen LogP contribution in [0.1, 0.15) is 48.4 Å². The zero-order valence-electron chi connectivity index (χ0n) is 13.9. The van der Waals surface area contributed by atoms with Crippen LogP contribution in [0.5, 0.6) is 0 Å². The van der Waals surface area contributed by atoms with E-state index < -0.39 is 0 Å². The smallest absolute Gasteiger partial charge is 0.274 e. The van der Waals surface area contributed by atoms with Crippen molar-refractivity contribution in [3.8, 4) is 0 Å². The van der Waals surface area contributed by atoms with Gasteiger partial charge in [-0.15, -0.1) is 0 Å². The lowest BCUT2D eigenvalue weighted by molar-refractivity contribution is 0.0777. The molecule has 0 aromatic carbocycles. The molecule has 1 aliphatic carbocycles. The van der Waals surface area contributed by atoms with Crippen molar-refractivity contribution in [1.82, 2.24) is 19.2 Å². The maximum absolute atomic E-state index is 13.0. The van der Waals surface area contributed by atoms with E-state index in [1.165, 1.54) is 12.8 Å². The number of rotatable bonds is 4. The lowest BCUT2D eigenvalue weighted by atomic mass is 10.2. The van der Waals surface area contributed by atoms with E-state index in [2.05, 4.69) is 23.3 Å². The van der Waals surface area contributed by atoms with Crippen molar-refractivity contribution in [2.24, 2.45) is 0 Å². The van der Waals surface area contributed by atoms with E-state index >= 15 is 0 Å². The summed E-state index contributed by atoms with van der Waals surface area (Å²) in [6.45, 7) is 4.83. The molecule has 5 nitrogen and oxygen atoms in total. The average molecular weight is 312 g/mol. The second-order valence-corrected chi connectivity index (χ2v) is 6.82. The highest BCUT2D eigenvalue weighted by Crippen LogP contribution is 2.40. The molecule has 23 heavy (non-hydrogen) atoms. The summed E-state index contributed by atoms with van der Waals surface area (Å²) in [5.74, 6) is 1.68. The van der Waals surface area contributed by atoms with Crippen LogP contribution in [-0.4, -0.2) is 57.8 Å². The number of carbonyl (C=O) groups excluding carboxylic acids is 1. The minimum Gasteiger partial charge on any atom is -0.336 e. The van der Waals surface area contributed by atoms with Gasteiger partial charge in [-0.25, -0.2) is 4.98 Å². The van der Waals surface area contributed by atoms with Gasteiger partial charge in [0.25, 0.3) is 5.91 Å². The second kappa shape index (κ2) is 5.64. The number of amides is 1. The number of hydrogen-bond acceptors (Lipinski definition) is 3. The molecule has 2 aromatic heterocycles. The quantitative estimate of drug-likeness (QED) is 0.870. The first kappa shape index (κ1) is 14.7. The topological polar surface area (TPSA) is 40.8 Å². The Labute approximate surface area is 136 Å². The summed E-state index contributed by atoms with van der Waals surface area (Å²) in [6, 6.07) is 6.48. The maximum Gasteiger partial charge on any atom is 0.274 e. The minimum absolute atomic E-state index is 0.0904. The van der Waals surface area contributed by atoms with Gasteiger partial charge in [0.15, 0.2) is 5.69 Å². The predicted molar refractivity (Wildman–Crippen MR) is 89.8 cm³/mol. The van der Waals surface area contributed by atoms with Crippen molar-refractivity contribution in [1.29, 1.82) is 0 Å². The number of carbonyl (C=O) groups is 1. The monoisotopic (exact) mass is 312 g/mol. The maximum atomic E-state index is 13.0. The Morgan fingerprint density at radius 1 is 1.35 bits per heavy atom. The normalized spacial score (nSPS) is 21.5. The largest absolute Gasteiger partial charge is 0.336 e. The molecule has 1 saturated carbocycles. The van der Waals surface area contributed by atoms with Gasteiger partial charge in [-0.2, -0.15) is 0 Å². The third-order valence-corrected chi connectivity index (χ3v) is 5.29. The number of imidazole rings is 1. The fraction of sp³-hybridized carbons (Fsp3) is 0.556. The van der Waals surface area contributed by atoms with E-state index in [0.29, 0.717) is 17.7 Å². The van der Waals surface area contributed by atoms with Crippen LogP contribution in [0.3, 0.4) is 0 Å². The highest BCUT2D eigenvalue weighted by atomic mass is 16.2. The number of nitrogens with zero attached hydrogens (tertiary/aromatic N) is 4. The molecule has 122 valence electrons. The summed E-state index contributed by atoms with van der Waals surface area (Å²) in [6.07, 6.45) is 5.46. The van der Waals surface area contributed by atoms with E-state index in [-0.39, 0.29) is 5.91 Å². The highest BCUT2D eigenvalue weighted by molar-refractivity contribution is 5.99. The van der Waals surface area contributed by atoms with Gasteiger partial charge in [-0.1, -0.05) is 13.0 Å². The molecule has 0 radical (unpaired) electrons. The first-order valence-electron chi connectivity index (χ1n) is 8.65. The standard InChI is InChI=1S/C18H24N4O/c1-3-20(2)14-9-11-21(12-14)18(23)16-15-6-4-5-10-22(15)17(19-16)13-7-8-13/h4-6,10,13-14H,3,7-9,11-12H2,1-2H3. The second-order valence-electron chi connectivity index (χ2n) is 6.82. The molecule has 1 saturated heterocycles. The molecule has 0 bridgehead atoms. The Hall–Kier alpha value is -1.88. The molecule has 5 heteroatoms. The fourth-order valence-electron chi connectivity index (χ4n) is 3.54.